The fraction of sp³-hybridized carbons (Fsp3) is 0.286. The van der Waals surface area contributed by atoms with Crippen LogP contribution >= 0.6 is 0 Å². The predicted molar refractivity (Wildman–Crippen MR) is 107 cm³/mol. The average Bonchev–Trinajstić information content (AvgIpc) is 3.08. The summed E-state index contributed by atoms with van der Waals surface area (Å²) in [6, 6.07) is 11.4. The van der Waals surface area contributed by atoms with Crippen LogP contribution in [-0.2, 0) is 9.59 Å². The van der Waals surface area contributed by atoms with Gasteiger partial charge in [-0.3, -0.25) is 9.59 Å². The third-order valence-corrected chi connectivity index (χ3v) is 4.28. The monoisotopic (exact) mass is 382 g/mol. The molecule has 0 aliphatic heterocycles. The molecule has 0 bridgehead atoms. The second-order valence-corrected chi connectivity index (χ2v) is 7.08. The number of nitrogens with zero attached hydrogens (tertiary/aromatic N) is 1. The highest BCUT2D eigenvalue weighted by atomic mass is 19.1. The Labute approximate surface area is 162 Å². The summed E-state index contributed by atoms with van der Waals surface area (Å²) in [4.78, 5) is 31.4. The maximum Gasteiger partial charge on any atom is 0.243 e. The van der Waals surface area contributed by atoms with Crippen LogP contribution in [0.15, 0.2) is 42.5 Å². The molecule has 0 aliphatic rings. The summed E-state index contributed by atoms with van der Waals surface area (Å²) in [5.74, 6) is 0.338. The number of carbonyl (C=O) groups excluding carboxylic acids is 2. The lowest BCUT2D eigenvalue weighted by Gasteiger charge is -2.08. The molecule has 1 heterocycles. The minimum atomic E-state index is -0.304. The first-order valence-corrected chi connectivity index (χ1v) is 9.23. The summed E-state index contributed by atoms with van der Waals surface area (Å²) in [5, 5.41) is 5.38. The average molecular weight is 382 g/mol. The third kappa shape index (κ3) is 5.16. The largest absolute Gasteiger partial charge is 0.347 e. The molecular formula is C21H23FN4O2. The molecule has 6 nitrogen and oxygen atoms in total. The van der Waals surface area contributed by atoms with Crippen LogP contribution in [0.3, 0.4) is 0 Å². The highest BCUT2D eigenvalue weighted by molar-refractivity contribution is 5.96. The minimum absolute atomic E-state index is 0.0707. The SMILES string of the molecule is CC(C)CCC(=O)NCC(=O)Nc1ccc2nc(-c3ccc(F)cc3)[nH]c2c1. The van der Waals surface area contributed by atoms with Crippen LogP contribution < -0.4 is 10.6 Å². The van der Waals surface area contributed by atoms with Crippen molar-refractivity contribution < 1.29 is 14.0 Å². The van der Waals surface area contributed by atoms with Gasteiger partial charge < -0.3 is 15.6 Å². The van der Waals surface area contributed by atoms with Crippen LogP contribution in [0.2, 0.25) is 0 Å². The lowest BCUT2D eigenvalue weighted by atomic mass is 10.1. The van der Waals surface area contributed by atoms with Gasteiger partial charge in [0.05, 0.1) is 17.6 Å². The number of aromatic nitrogens is 2. The van der Waals surface area contributed by atoms with Gasteiger partial charge in [-0.2, -0.15) is 0 Å². The number of H-pyrrole nitrogens is 1. The number of fused-ring (bicyclic) bond motifs is 1. The number of nitrogens with one attached hydrogen (secondary N) is 3. The lowest BCUT2D eigenvalue weighted by molar-refractivity contribution is -0.124. The number of imidazole rings is 1. The summed E-state index contributed by atoms with van der Waals surface area (Å²) < 4.78 is 13.1. The van der Waals surface area contributed by atoms with Crippen LogP contribution in [0.4, 0.5) is 10.1 Å². The number of halogens is 1. The molecule has 0 unspecified atom stereocenters. The van der Waals surface area contributed by atoms with E-state index >= 15 is 0 Å². The van der Waals surface area contributed by atoms with E-state index in [0.29, 0.717) is 23.9 Å². The summed E-state index contributed by atoms with van der Waals surface area (Å²) in [7, 11) is 0. The molecule has 3 N–H and O–H groups in total. The summed E-state index contributed by atoms with van der Waals surface area (Å²) in [5.41, 5.74) is 2.85. The zero-order valence-corrected chi connectivity index (χ0v) is 15.9. The highest BCUT2D eigenvalue weighted by Gasteiger charge is 2.09. The molecule has 146 valence electrons. The molecule has 3 aromatic rings. The molecule has 0 aliphatic carbocycles. The van der Waals surface area contributed by atoms with Crippen LogP contribution in [0, 0.1) is 11.7 Å². The minimum Gasteiger partial charge on any atom is -0.347 e. The van der Waals surface area contributed by atoms with Crippen LogP contribution in [0.25, 0.3) is 22.4 Å². The van der Waals surface area contributed by atoms with Gasteiger partial charge in [-0.15, -0.1) is 0 Å². The number of hydrogen-bond donors (Lipinski definition) is 3. The summed E-state index contributed by atoms with van der Waals surface area (Å²) in [6.07, 6.45) is 1.21. The Morgan fingerprint density at radius 3 is 2.57 bits per heavy atom. The number of anilines is 1. The standard InChI is InChI=1S/C21H23FN4O2/c1-13(2)3-10-19(27)23-12-20(28)24-16-8-9-17-18(11-16)26-21(25-17)14-4-6-15(22)7-5-14/h4-9,11,13H,3,10,12H2,1-2H3,(H,23,27)(H,24,28)(H,25,26). The molecule has 3 rings (SSSR count). The first kappa shape index (κ1) is 19.5. The number of benzene rings is 2. The second kappa shape index (κ2) is 8.65. The van der Waals surface area contributed by atoms with E-state index in [2.05, 4.69) is 20.6 Å². The Hall–Kier alpha value is -3.22. The van der Waals surface area contributed by atoms with E-state index in [-0.39, 0.29) is 24.2 Å². The highest BCUT2D eigenvalue weighted by Crippen LogP contribution is 2.23. The van der Waals surface area contributed by atoms with Crippen molar-refractivity contribution >= 4 is 28.5 Å². The van der Waals surface area contributed by atoms with Crippen LogP contribution in [-0.4, -0.2) is 28.3 Å². The van der Waals surface area contributed by atoms with Crippen molar-refractivity contribution in [1.29, 1.82) is 0 Å². The molecule has 0 fully saturated rings. The van der Waals surface area contributed by atoms with Crippen molar-refractivity contribution in [3.05, 3.63) is 48.3 Å². The quantitative estimate of drug-likeness (QED) is 0.580. The fourth-order valence-electron chi connectivity index (χ4n) is 2.72. The van der Waals surface area contributed by atoms with Gasteiger partial charge >= 0.3 is 0 Å². The van der Waals surface area contributed by atoms with E-state index in [1.54, 1.807) is 30.3 Å². The molecule has 0 radical (unpaired) electrons. The first-order valence-electron chi connectivity index (χ1n) is 9.23. The van der Waals surface area contributed by atoms with E-state index in [1.165, 1.54) is 12.1 Å². The van der Waals surface area contributed by atoms with Gasteiger partial charge in [0.15, 0.2) is 0 Å². The second-order valence-electron chi connectivity index (χ2n) is 7.08. The van der Waals surface area contributed by atoms with E-state index < -0.39 is 0 Å². The zero-order valence-electron chi connectivity index (χ0n) is 15.9. The van der Waals surface area contributed by atoms with Gasteiger partial charge in [-0.05, 0) is 54.8 Å². The molecular weight excluding hydrogens is 359 g/mol. The van der Waals surface area contributed by atoms with Crippen molar-refractivity contribution in [3.63, 3.8) is 0 Å². The molecule has 0 saturated heterocycles. The fourth-order valence-corrected chi connectivity index (χ4v) is 2.72. The Balaban J connectivity index is 1.61. The number of hydrogen-bond acceptors (Lipinski definition) is 3. The number of aromatic amines is 1. The number of carbonyl (C=O) groups is 2. The van der Waals surface area contributed by atoms with Gasteiger partial charge in [0.2, 0.25) is 11.8 Å². The van der Waals surface area contributed by atoms with Gasteiger partial charge in [0.25, 0.3) is 0 Å². The van der Waals surface area contributed by atoms with Gasteiger partial charge in [-0.25, -0.2) is 9.37 Å². The lowest BCUT2D eigenvalue weighted by Crippen LogP contribution is -2.32. The Bertz CT molecular complexity index is 980. The molecule has 0 atom stereocenters. The van der Waals surface area contributed by atoms with E-state index in [4.69, 9.17) is 0 Å². The van der Waals surface area contributed by atoms with Crippen molar-refractivity contribution in [3.8, 4) is 11.4 Å². The third-order valence-electron chi connectivity index (χ3n) is 4.28. The van der Waals surface area contributed by atoms with E-state index in [9.17, 15) is 14.0 Å². The van der Waals surface area contributed by atoms with Crippen LogP contribution in [0.5, 0.6) is 0 Å². The number of amides is 2. The topological polar surface area (TPSA) is 86.9 Å². The summed E-state index contributed by atoms with van der Waals surface area (Å²) >= 11 is 0. The van der Waals surface area contributed by atoms with Crippen molar-refractivity contribution in [1.82, 2.24) is 15.3 Å². The Kier molecular flexibility index (Phi) is 6.03. The molecule has 0 saturated carbocycles. The van der Waals surface area contributed by atoms with Crippen molar-refractivity contribution in [2.75, 3.05) is 11.9 Å². The van der Waals surface area contributed by atoms with Crippen LogP contribution in [0.1, 0.15) is 26.7 Å². The molecule has 1 aromatic heterocycles. The first-order chi connectivity index (χ1) is 13.4. The maximum absolute atomic E-state index is 13.1. The molecule has 0 spiro atoms. The predicted octanol–water partition coefficient (Wildman–Crippen LogP) is 3.86. The smallest absolute Gasteiger partial charge is 0.243 e. The Morgan fingerprint density at radius 2 is 1.86 bits per heavy atom. The van der Waals surface area contributed by atoms with Crippen molar-refractivity contribution in [2.24, 2.45) is 5.92 Å². The number of rotatable bonds is 7. The molecule has 2 aromatic carbocycles. The summed E-state index contributed by atoms with van der Waals surface area (Å²) in [6.45, 7) is 4.03. The van der Waals surface area contributed by atoms with Gasteiger partial charge in [0, 0.05) is 17.7 Å². The zero-order chi connectivity index (χ0) is 20.1. The van der Waals surface area contributed by atoms with E-state index in [0.717, 1.165) is 23.0 Å². The van der Waals surface area contributed by atoms with Gasteiger partial charge in [-0.1, -0.05) is 13.8 Å². The molecule has 28 heavy (non-hydrogen) atoms. The van der Waals surface area contributed by atoms with E-state index in [1.807, 2.05) is 13.8 Å². The maximum atomic E-state index is 13.1. The molecule has 2 amide bonds. The van der Waals surface area contributed by atoms with Crippen molar-refractivity contribution in [2.45, 2.75) is 26.7 Å². The molecule has 7 heteroatoms. The normalized spacial score (nSPS) is 11.0. The Morgan fingerprint density at radius 1 is 1.11 bits per heavy atom. The van der Waals surface area contributed by atoms with Gasteiger partial charge in [0.1, 0.15) is 11.6 Å².